The summed E-state index contributed by atoms with van der Waals surface area (Å²) in [5.41, 5.74) is 1.82. The smallest absolute Gasteiger partial charge is 0.335 e. The third kappa shape index (κ3) is 5.10. The molecule has 0 aliphatic carbocycles. The fourth-order valence-corrected chi connectivity index (χ4v) is 3.51. The Hall–Kier alpha value is -4.39. The second kappa shape index (κ2) is 9.82. The van der Waals surface area contributed by atoms with Crippen molar-refractivity contribution in [3.63, 3.8) is 0 Å². The van der Waals surface area contributed by atoms with E-state index in [-0.39, 0.29) is 12.2 Å². The lowest BCUT2D eigenvalue weighted by Crippen LogP contribution is -2.51. The first-order chi connectivity index (χ1) is 16.0. The summed E-state index contributed by atoms with van der Waals surface area (Å²) in [4.78, 5) is 40.0. The van der Waals surface area contributed by atoms with Crippen molar-refractivity contribution in [2.75, 3.05) is 17.3 Å². The standard InChI is InChI=1S/C26H22N2O5/c1-32-20-14-11-18(12-15-20)13-16-25(30)28-21-9-5-6-10-23(21)33-26(31)22(28)17-24(29)27-19-7-3-2-4-8-19/h2-16,22H,17H2,1H3,(H,27,29)/b16-13+/t22-/m1/s1. The summed E-state index contributed by atoms with van der Waals surface area (Å²) in [6.07, 6.45) is 2.77. The summed E-state index contributed by atoms with van der Waals surface area (Å²) in [5, 5.41) is 2.75. The minimum atomic E-state index is -1.10. The van der Waals surface area contributed by atoms with Crippen molar-refractivity contribution in [3.05, 3.63) is 90.5 Å². The van der Waals surface area contributed by atoms with E-state index in [9.17, 15) is 14.4 Å². The van der Waals surface area contributed by atoms with Gasteiger partial charge in [0.05, 0.1) is 19.2 Å². The van der Waals surface area contributed by atoms with Crippen LogP contribution in [0.25, 0.3) is 6.08 Å². The van der Waals surface area contributed by atoms with Gasteiger partial charge in [-0.15, -0.1) is 0 Å². The summed E-state index contributed by atoms with van der Waals surface area (Å²) >= 11 is 0. The number of carbonyl (C=O) groups is 3. The van der Waals surface area contributed by atoms with E-state index in [2.05, 4.69) is 5.32 Å². The maximum atomic E-state index is 13.2. The van der Waals surface area contributed by atoms with Gasteiger partial charge in [-0.1, -0.05) is 42.5 Å². The Morgan fingerprint density at radius 1 is 1.00 bits per heavy atom. The number of nitrogens with zero attached hydrogens (tertiary/aromatic N) is 1. The number of benzene rings is 3. The second-order valence-corrected chi connectivity index (χ2v) is 7.34. The van der Waals surface area contributed by atoms with Gasteiger partial charge < -0.3 is 14.8 Å². The van der Waals surface area contributed by atoms with Gasteiger partial charge in [0.2, 0.25) is 5.91 Å². The molecule has 0 saturated carbocycles. The Morgan fingerprint density at radius 2 is 1.70 bits per heavy atom. The highest BCUT2D eigenvalue weighted by Gasteiger charge is 2.39. The Morgan fingerprint density at radius 3 is 2.42 bits per heavy atom. The molecule has 4 rings (SSSR count). The summed E-state index contributed by atoms with van der Waals surface area (Å²) in [7, 11) is 1.58. The van der Waals surface area contributed by atoms with Crippen molar-refractivity contribution in [1.29, 1.82) is 0 Å². The summed E-state index contributed by atoms with van der Waals surface area (Å²) < 4.78 is 10.6. The number of hydrogen-bond acceptors (Lipinski definition) is 5. The van der Waals surface area contributed by atoms with Crippen LogP contribution in [-0.4, -0.2) is 30.9 Å². The Bertz CT molecular complexity index is 1190. The molecule has 1 heterocycles. The van der Waals surface area contributed by atoms with E-state index in [0.29, 0.717) is 17.1 Å². The number of anilines is 2. The SMILES string of the molecule is COc1ccc(/C=C/C(=O)N2c3ccccc3OC(=O)[C@H]2CC(=O)Nc2ccccc2)cc1. The molecule has 0 aromatic heterocycles. The van der Waals surface area contributed by atoms with E-state index in [1.54, 1.807) is 73.8 Å². The molecule has 1 N–H and O–H groups in total. The lowest BCUT2D eigenvalue weighted by molar-refractivity contribution is -0.139. The van der Waals surface area contributed by atoms with E-state index in [0.717, 1.165) is 5.56 Å². The van der Waals surface area contributed by atoms with Crippen LogP contribution in [0.5, 0.6) is 11.5 Å². The molecule has 1 aliphatic rings. The van der Waals surface area contributed by atoms with Crippen molar-refractivity contribution in [2.45, 2.75) is 12.5 Å². The monoisotopic (exact) mass is 442 g/mol. The first kappa shape index (κ1) is 21.8. The average Bonchev–Trinajstić information content (AvgIpc) is 2.84. The van der Waals surface area contributed by atoms with Crippen molar-refractivity contribution >= 4 is 35.2 Å². The van der Waals surface area contributed by atoms with Crippen LogP contribution in [0.2, 0.25) is 0 Å². The number of methoxy groups -OCH3 is 1. The normalized spacial score (nSPS) is 15.0. The zero-order valence-corrected chi connectivity index (χ0v) is 17.9. The number of esters is 1. The highest BCUT2D eigenvalue weighted by molar-refractivity contribution is 6.11. The quantitative estimate of drug-likeness (QED) is 0.354. The van der Waals surface area contributed by atoms with Crippen molar-refractivity contribution in [3.8, 4) is 11.5 Å². The maximum absolute atomic E-state index is 13.2. The predicted octanol–water partition coefficient (Wildman–Crippen LogP) is 4.06. The van der Waals surface area contributed by atoms with Gasteiger partial charge in [0.1, 0.15) is 11.8 Å². The van der Waals surface area contributed by atoms with Crippen LogP contribution >= 0.6 is 0 Å². The molecule has 166 valence electrons. The Balaban J connectivity index is 1.58. The molecule has 7 nitrogen and oxygen atoms in total. The van der Waals surface area contributed by atoms with E-state index in [1.807, 2.05) is 18.2 Å². The van der Waals surface area contributed by atoms with E-state index < -0.39 is 23.8 Å². The fraction of sp³-hybridized carbons (Fsp3) is 0.115. The third-order valence-corrected chi connectivity index (χ3v) is 5.13. The number of hydrogen-bond donors (Lipinski definition) is 1. The largest absolute Gasteiger partial charge is 0.497 e. The van der Waals surface area contributed by atoms with E-state index >= 15 is 0 Å². The molecule has 0 spiro atoms. The van der Waals surface area contributed by atoms with Crippen LogP contribution < -0.4 is 19.7 Å². The van der Waals surface area contributed by atoms with Crippen LogP contribution in [0.1, 0.15) is 12.0 Å². The molecular weight excluding hydrogens is 420 g/mol. The van der Waals surface area contributed by atoms with Crippen LogP contribution in [-0.2, 0) is 14.4 Å². The fourth-order valence-electron chi connectivity index (χ4n) is 3.51. The molecule has 0 radical (unpaired) electrons. The number of rotatable bonds is 6. The number of para-hydroxylation sites is 3. The van der Waals surface area contributed by atoms with Gasteiger partial charge in [-0.05, 0) is 48.0 Å². The van der Waals surface area contributed by atoms with Crippen LogP contribution in [0, 0.1) is 0 Å². The molecule has 3 aromatic carbocycles. The third-order valence-electron chi connectivity index (χ3n) is 5.13. The van der Waals surface area contributed by atoms with Gasteiger partial charge in [-0.3, -0.25) is 14.5 Å². The van der Waals surface area contributed by atoms with E-state index in [4.69, 9.17) is 9.47 Å². The minimum absolute atomic E-state index is 0.246. The van der Waals surface area contributed by atoms with Gasteiger partial charge >= 0.3 is 5.97 Å². The maximum Gasteiger partial charge on any atom is 0.335 e. The molecule has 0 bridgehead atoms. The Labute approximate surface area is 191 Å². The summed E-state index contributed by atoms with van der Waals surface area (Å²) in [5.74, 6) is -0.529. The number of amides is 2. The van der Waals surface area contributed by atoms with Crippen molar-refractivity contribution in [2.24, 2.45) is 0 Å². The first-order valence-corrected chi connectivity index (χ1v) is 10.4. The molecule has 0 unspecified atom stereocenters. The van der Waals surface area contributed by atoms with Crippen molar-refractivity contribution in [1.82, 2.24) is 0 Å². The van der Waals surface area contributed by atoms with Crippen LogP contribution in [0.3, 0.4) is 0 Å². The number of nitrogens with one attached hydrogen (secondary N) is 1. The lowest BCUT2D eigenvalue weighted by Gasteiger charge is -2.34. The van der Waals surface area contributed by atoms with Gasteiger partial charge in [-0.2, -0.15) is 0 Å². The summed E-state index contributed by atoms with van der Waals surface area (Å²) in [6, 6.07) is 21.7. The molecule has 1 aliphatic heterocycles. The topological polar surface area (TPSA) is 84.9 Å². The molecule has 2 amide bonds. The Kier molecular flexibility index (Phi) is 6.50. The average molecular weight is 442 g/mol. The number of carbonyl (C=O) groups excluding carboxylic acids is 3. The zero-order chi connectivity index (χ0) is 23.2. The molecule has 0 saturated heterocycles. The lowest BCUT2D eigenvalue weighted by atomic mass is 10.1. The van der Waals surface area contributed by atoms with Gasteiger partial charge in [0.25, 0.3) is 5.91 Å². The molecule has 1 atom stereocenters. The molecule has 3 aromatic rings. The van der Waals surface area contributed by atoms with Gasteiger partial charge in [-0.25, -0.2) is 4.79 Å². The summed E-state index contributed by atoms with van der Waals surface area (Å²) in [6.45, 7) is 0. The zero-order valence-electron chi connectivity index (χ0n) is 17.9. The van der Waals surface area contributed by atoms with Crippen molar-refractivity contribution < 1.29 is 23.9 Å². The van der Waals surface area contributed by atoms with E-state index in [1.165, 1.54) is 11.0 Å². The highest BCUT2D eigenvalue weighted by atomic mass is 16.5. The van der Waals surface area contributed by atoms with Gasteiger partial charge in [0.15, 0.2) is 5.75 Å². The number of ether oxygens (including phenoxy) is 2. The minimum Gasteiger partial charge on any atom is -0.497 e. The highest BCUT2D eigenvalue weighted by Crippen LogP contribution is 2.35. The molecule has 33 heavy (non-hydrogen) atoms. The number of fused-ring (bicyclic) bond motifs is 1. The van der Waals surface area contributed by atoms with Crippen LogP contribution in [0.4, 0.5) is 11.4 Å². The van der Waals surface area contributed by atoms with Crippen LogP contribution in [0.15, 0.2) is 84.9 Å². The second-order valence-electron chi connectivity index (χ2n) is 7.34. The predicted molar refractivity (Wildman–Crippen MR) is 125 cm³/mol. The molecular formula is C26H22N2O5. The molecule has 0 fully saturated rings. The first-order valence-electron chi connectivity index (χ1n) is 10.4. The molecule has 7 heteroatoms. The van der Waals surface area contributed by atoms with Gasteiger partial charge in [0, 0.05) is 11.8 Å².